The van der Waals surface area contributed by atoms with Crippen molar-refractivity contribution in [1.29, 1.82) is 0 Å². The second-order valence-corrected chi connectivity index (χ2v) is 9.03. The van der Waals surface area contributed by atoms with E-state index in [1.807, 2.05) is 42.5 Å². The van der Waals surface area contributed by atoms with Crippen LogP contribution in [0.3, 0.4) is 0 Å². The lowest BCUT2D eigenvalue weighted by Gasteiger charge is -2.31. The van der Waals surface area contributed by atoms with Gasteiger partial charge in [0, 0.05) is 37.4 Å². The monoisotopic (exact) mass is 471 g/mol. The number of para-hydroxylation sites is 1. The molecule has 1 aliphatic carbocycles. The number of aromatic nitrogens is 4. The Bertz CT molecular complexity index is 1450. The number of hydrogen-bond donors (Lipinski definition) is 2. The molecule has 1 fully saturated rings. The predicted octanol–water partition coefficient (Wildman–Crippen LogP) is 4.11. The van der Waals surface area contributed by atoms with Crippen LogP contribution in [0.2, 0.25) is 0 Å². The minimum Gasteiger partial charge on any atom is -0.448 e. The molecule has 9 heteroatoms. The number of ether oxygens (including phenoxy) is 2. The first-order valence-corrected chi connectivity index (χ1v) is 11.9. The zero-order valence-electron chi connectivity index (χ0n) is 19.1. The van der Waals surface area contributed by atoms with Crippen LogP contribution in [0.25, 0.3) is 16.7 Å². The summed E-state index contributed by atoms with van der Waals surface area (Å²) in [5.74, 6) is 1.08. The van der Waals surface area contributed by atoms with E-state index >= 15 is 0 Å². The number of carbonyl (C=O) groups excluding carboxylic acids is 1. The number of nitrogens with zero attached hydrogens (tertiary/aromatic N) is 3. The number of H-pyrrole nitrogens is 1. The molecule has 2 aromatic carbocycles. The second kappa shape index (κ2) is 8.57. The lowest BCUT2D eigenvalue weighted by Crippen LogP contribution is -2.40. The molecule has 9 nitrogen and oxygen atoms in total. The van der Waals surface area contributed by atoms with Gasteiger partial charge in [0.15, 0.2) is 17.1 Å². The van der Waals surface area contributed by atoms with Gasteiger partial charge in [-0.1, -0.05) is 24.6 Å². The average Bonchev–Trinajstić information content (AvgIpc) is 3.45. The van der Waals surface area contributed by atoms with Crippen LogP contribution in [-0.2, 0) is 11.2 Å². The van der Waals surface area contributed by atoms with Crippen molar-refractivity contribution >= 4 is 22.6 Å². The number of fused-ring (bicyclic) bond motifs is 2. The molecule has 0 saturated heterocycles. The summed E-state index contributed by atoms with van der Waals surface area (Å²) in [5.41, 5.74) is 1.63. The number of hydrogen-bond acceptors (Lipinski definition) is 6. The maximum Gasteiger partial charge on any atom is 0.262 e. The number of amides is 1. The summed E-state index contributed by atoms with van der Waals surface area (Å²) in [6.45, 7) is 0. The van der Waals surface area contributed by atoms with Crippen LogP contribution < -0.4 is 20.3 Å². The molecule has 1 aliphatic heterocycles. The smallest absolute Gasteiger partial charge is 0.262 e. The van der Waals surface area contributed by atoms with E-state index in [1.54, 1.807) is 10.7 Å². The molecule has 3 heterocycles. The molecule has 2 N–H and O–H groups in total. The summed E-state index contributed by atoms with van der Waals surface area (Å²) in [6.07, 6.45) is 7.08. The van der Waals surface area contributed by atoms with Crippen molar-refractivity contribution in [3.63, 3.8) is 0 Å². The van der Waals surface area contributed by atoms with Crippen LogP contribution in [0.15, 0.2) is 59.5 Å². The van der Waals surface area contributed by atoms with E-state index in [1.165, 1.54) is 12.6 Å². The van der Waals surface area contributed by atoms with Gasteiger partial charge in [0.1, 0.15) is 11.2 Å². The molecule has 2 aliphatic rings. The molecular weight excluding hydrogens is 446 g/mol. The van der Waals surface area contributed by atoms with Crippen molar-refractivity contribution in [3.05, 3.63) is 70.9 Å². The molecule has 35 heavy (non-hydrogen) atoms. The number of rotatable bonds is 5. The maximum atomic E-state index is 12.6. The number of benzene rings is 2. The highest BCUT2D eigenvalue weighted by molar-refractivity contribution is 5.91. The number of carbonyl (C=O) groups is 1. The number of aromatic amines is 1. The molecule has 6 rings (SSSR count). The fourth-order valence-corrected chi connectivity index (χ4v) is 4.76. The zero-order valence-corrected chi connectivity index (χ0v) is 19.1. The summed E-state index contributed by atoms with van der Waals surface area (Å²) in [4.78, 5) is 32.5. The van der Waals surface area contributed by atoms with Gasteiger partial charge in [-0.2, -0.15) is 5.10 Å². The van der Waals surface area contributed by atoms with Crippen molar-refractivity contribution < 1.29 is 14.3 Å². The first-order chi connectivity index (χ1) is 17.1. The average molecular weight is 472 g/mol. The SMILES string of the molecule is O=C(CCc1nc2c(cnn2-c2ccccc2)c(=O)[nH]1)Nc1ccc2c(c1)OC1(CCCCC1)O2. The Hall–Kier alpha value is -4.14. The summed E-state index contributed by atoms with van der Waals surface area (Å²) in [7, 11) is 0. The van der Waals surface area contributed by atoms with E-state index in [0.717, 1.165) is 37.1 Å². The van der Waals surface area contributed by atoms with Crippen molar-refractivity contribution in [2.75, 3.05) is 5.32 Å². The van der Waals surface area contributed by atoms with E-state index in [-0.39, 0.29) is 24.3 Å². The van der Waals surface area contributed by atoms with E-state index in [4.69, 9.17) is 9.47 Å². The molecule has 4 aromatic rings. The fraction of sp³-hybridized carbons (Fsp3) is 0.308. The summed E-state index contributed by atoms with van der Waals surface area (Å²) < 4.78 is 13.9. The lowest BCUT2D eigenvalue weighted by molar-refractivity contribution is -0.116. The first kappa shape index (κ1) is 21.4. The van der Waals surface area contributed by atoms with Gasteiger partial charge in [-0.25, -0.2) is 9.67 Å². The molecule has 178 valence electrons. The Kier molecular flexibility index (Phi) is 5.24. The van der Waals surface area contributed by atoms with Crippen LogP contribution in [0, 0.1) is 0 Å². The third-order valence-corrected chi connectivity index (χ3v) is 6.51. The van der Waals surface area contributed by atoms with Gasteiger partial charge >= 0.3 is 0 Å². The second-order valence-electron chi connectivity index (χ2n) is 9.03. The third kappa shape index (κ3) is 4.14. The highest BCUT2D eigenvalue weighted by Crippen LogP contribution is 2.46. The number of anilines is 1. The minimum absolute atomic E-state index is 0.159. The van der Waals surface area contributed by atoms with Crippen LogP contribution in [0.1, 0.15) is 44.3 Å². The lowest BCUT2D eigenvalue weighted by atomic mass is 9.94. The molecule has 1 saturated carbocycles. The van der Waals surface area contributed by atoms with Crippen LogP contribution >= 0.6 is 0 Å². The van der Waals surface area contributed by atoms with E-state index < -0.39 is 5.79 Å². The quantitative estimate of drug-likeness (QED) is 0.453. The van der Waals surface area contributed by atoms with Gasteiger partial charge < -0.3 is 19.8 Å². The Morgan fingerprint density at radius 3 is 2.69 bits per heavy atom. The predicted molar refractivity (Wildman–Crippen MR) is 130 cm³/mol. The van der Waals surface area contributed by atoms with Crippen molar-refractivity contribution in [2.45, 2.75) is 50.7 Å². The van der Waals surface area contributed by atoms with Crippen LogP contribution in [0.5, 0.6) is 11.5 Å². The summed E-state index contributed by atoms with van der Waals surface area (Å²) >= 11 is 0. The zero-order chi connectivity index (χ0) is 23.8. The highest BCUT2D eigenvalue weighted by atomic mass is 16.7. The fourth-order valence-electron chi connectivity index (χ4n) is 4.76. The van der Waals surface area contributed by atoms with Crippen molar-refractivity contribution in [1.82, 2.24) is 19.7 Å². The molecule has 0 atom stereocenters. The number of aryl methyl sites for hydroxylation is 1. The van der Waals surface area contributed by atoms with Gasteiger partial charge in [-0.05, 0) is 37.1 Å². The Morgan fingerprint density at radius 1 is 1.06 bits per heavy atom. The van der Waals surface area contributed by atoms with Crippen molar-refractivity contribution in [3.8, 4) is 17.2 Å². The van der Waals surface area contributed by atoms with Gasteiger partial charge in [0.25, 0.3) is 11.3 Å². The Labute approximate surface area is 201 Å². The minimum atomic E-state index is -0.550. The van der Waals surface area contributed by atoms with Gasteiger partial charge in [0.2, 0.25) is 5.91 Å². The number of nitrogens with one attached hydrogen (secondary N) is 2. The van der Waals surface area contributed by atoms with E-state index in [9.17, 15) is 9.59 Å². The molecule has 0 radical (unpaired) electrons. The van der Waals surface area contributed by atoms with Crippen LogP contribution in [0.4, 0.5) is 5.69 Å². The summed E-state index contributed by atoms with van der Waals surface area (Å²) in [6, 6.07) is 14.9. The van der Waals surface area contributed by atoms with Crippen molar-refractivity contribution in [2.24, 2.45) is 0 Å². The first-order valence-electron chi connectivity index (χ1n) is 11.9. The largest absolute Gasteiger partial charge is 0.448 e. The highest BCUT2D eigenvalue weighted by Gasteiger charge is 2.42. The standard InChI is InChI=1S/C26H25N5O4/c32-23(28-17-9-10-20-21(15-17)35-26(34-20)13-5-2-6-14-26)12-11-22-29-24-19(25(33)30-22)16-27-31(24)18-7-3-1-4-8-18/h1,3-4,7-10,15-16H,2,5-6,11-14H2,(H,28,32)(H,29,30,33). The normalized spacial score (nSPS) is 16.0. The Balaban J connectivity index is 1.14. The van der Waals surface area contributed by atoms with Gasteiger partial charge in [-0.3, -0.25) is 9.59 Å². The topological polar surface area (TPSA) is 111 Å². The molecule has 2 aromatic heterocycles. The third-order valence-electron chi connectivity index (χ3n) is 6.51. The Morgan fingerprint density at radius 2 is 1.86 bits per heavy atom. The van der Waals surface area contributed by atoms with Gasteiger partial charge in [-0.15, -0.1) is 0 Å². The molecule has 1 amide bonds. The van der Waals surface area contributed by atoms with E-state index in [0.29, 0.717) is 28.3 Å². The van der Waals surface area contributed by atoms with Gasteiger partial charge in [0.05, 0.1) is 11.9 Å². The molecule has 1 spiro atoms. The summed E-state index contributed by atoms with van der Waals surface area (Å²) in [5, 5.41) is 7.62. The molecule has 0 unspecified atom stereocenters. The maximum absolute atomic E-state index is 12.6. The molecular formula is C26H25N5O4. The van der Waals surface area contributed by atoms with Crippen LogP contribution in [-0.4, -0.2) is 31.4 Å². The van der Waals surface area contributed by atoms with E-state index in [2.05, 4.69) is 20.4 Å². The molecule has 0 bridgehead atoms.